The summed E-state index contributed by atoms with van der Waals surface area (Å²) in [5.74, 6) is 0.220. The van der Waals surface area contributed by atoms with Gasteiger partial charge in [0.15, 0.2) is 0 Å². The lowest BCUT2D eigenvalue weighted by Crippen LogP contribution is -1.81. The molecule has 0 saturated heterocycles. The summed E-state index contributed by atoms with van der Waals surface area (Å²) in [4.78, 5) is 8.07. The minimum atomic E-state index is 0.220. The van der Waals surface area contributed by atoms with Gasteiger partial charge in [-0.3, -0.25) is 9.97 Å². The van der Waals surface area contributed by atoms with Crippen LogP contribution in [0.3, 0.4) is 0 Å². The normalized spacial score (nSPS) is 10.8. The summed E-state index contributed by atoms with van der Waals surface area (Å²) in [6, 6.07) is 19.3. The number of nitrogens with two attached hydrogens (primary N) is 1. The maximum atomic E-state index is 9.06. The van der Waals surface area contributed by atoms with Gasteiger partial charge in [-0.15, -0.1) is 0 Å². The molecule has 2 aliphatic carbocycles. The van der Waals surface area contributed by atoms with Gasteiger partial charge in [0.2, 0.25) is 0 Å². The van der Waals surface area contributed by atoms with E-state index in [4.69, 9.17) is 10.8 Å². The first-order chi connectivity index (χ1) is 11.7. The van der Waals surface area contributed by atoms with Gasteiger partial charge in [-0.05, 0) is 46.5 Å². The van der Waals surface area contributed by atoms with Crippen LogP contribution in [0.1, 0.15) is 0 Å². The van der Waals surface area contributed by atoms with Gasteiger partial charge < -0.3 is 10.8 Å². The van der Waals surface area contributed by atoms with Crippen molar-refractivity contribution in [2.45, 2.75) is 0 Å². The zero-order valence-corrected chi connectivity index (χ0v) is 12.8. The molecule has 5 rings (SSSR count). The van der Waals surface area contributed by atoms with E-state index in [1.807, 2.05) is 12.1 Å². The lowest BCUT2D eigenvalue weighted by Gasteiger charge is -1.94. The molecule has 2 aromatic carbocycles. The highest BCUT2D eigenvalue weighted by molar-refractivity contribution is 6.07. The Morgan fingerprint density at radius 3 is 2.12 bits per heavy atom. The van der Waals surface area contributed by atoms with Crippen molar-refractivity contribution in [1.82, 2.24) is 9.97 Å². The molecule has 0 unspecified atom stereocenters. The van der Waals surface area contributed by atoms with Gasteiger partial charge in [0.05, 0.1) is 11.0 Å². The van der Waals surface area contributed by atoms with E-state index in [1.165, 1.54) is 22.3 Å². The minimum Gasteiger partial charge on any atom is -0.508 e. The smallest absolute Gasteiger partial charge is 0.117 e. The fourth-order valence-corrected chi connectivity index (χ4v) is 2.72. The van der Waals surface area contributed by atoms with Crippen LogP contribution in [0.5, 0.6) is 5.75 Å². The molecule has 0 saturated carbocycles. The quantitative estimate of drug-likeness (QED) is 0.454. The van der Waals surface area contributed by atoms with Crippen molar-refractivity contribution < 1.29 is 5.11 Å². The van der Waals surface area contributed by atoms with Crippen molar-refractivity contribution in [1.29, 1.82) is 0 Å². The number of phenols is 1. The van der Waals surface area contributed by atoms with Crippen LogP contribution < -0.4 is 5.73 Å². The van der Waals surface area contributed by atoms with Crippen molar-refractivity contribution in [2.75, 3.05) is 5.73 Å². The SMILES string of the molecule is Nc1ccc(-c2c3cccc2-3)cc1.Oc1ccc2nccnc2c1. The molecule has 3 N–H and O–H groups in total. The lowest BCUT2D eigenvalue weighted by atomic mass is 10.1. The summed E-state index contributed by atoms with van der Waals surface area (Å²) in [6.07, 6.45) is 3.22. The number of rotatable bonds is 1. The van der Waals surface area contributed by atoms with Gasteiger partial charge in [-0.1, -0.05) is 30.3 Å². The molecule has 4 nitrogen and oxygen atoms in total. The molecule has 3 aromatic rings. The van der Waals surface area contributed by atoms with Gasteiger partial charge in [0.1, 0.15) is 5.75 Å². The molecule has 0 fully saturated rings. The second-order valence-electron chi connectivity index (χ2n) is 5.58. The Balaban J connectivity index is 0.000000123. The van der Waals surface area contributed by atoms with E-state index in [2.05, 4.69) is 40.3 Å². The standard InChI is InChI=1S/C12H9N.C8H6N2O/c13-9-6-4-8(5-7-9)12-10-2-1-3-11(10)12;11-6-1-2-7-8(5-6)10-4-3-9-7/h1-7H,13H2;1-5,11H. The number of phenolic OH excluding ortho intramolecular Hbond substituents is 1. The van der Waals surface area contributed by atoms with Crippen LogP contribution in [0.15, 0.2) is 73.1 Å². The Labute approximate surface area is 139 Å². The zero-order chi connectivity index (χ0) is 16.5. The fourth-order valence-electron chi connectivity index (χ4n) is 2.72. The van der Waals surface area contributed by atoms with E-state index in [9.17, 15) is 0 Å². The van der Waals surface area contributed by atoms with Crippen LogP contribution in [0, 0.1) is 0 Å². The van der Waals surface area contributed by atoms with Crippen LogP contribution in [0.4, 0.5) is 5.69 Å². The molecule has 0 radical (unpaired) electrons. The van der Waals surface area contributed by atoms with Crippen molar-refractivity contribution in [2.24, 2.45) is 0 Å². The summed E-state index contributed by atoms with van der Waals surface area (Å²) in [6.45, 7) is 0. The molecule has 0 bridgehead atoms. The highest BCUT2D eigenvalue weighted by Crippen LogP contribution is 2.50. The number of hydrogen-bond acceptors (Lipinski definition) is 4. The van der Waals surface area contributed by atoms with Crippen molar-refractivity contribution >= 4 is 16.7 Å². The summed E-state index contributed by atoms with van der Waals surface area (Å²) in [5.41, 5.74) is 13.4. The lowest BCUT2D eigenvalue weighted by molar-refractivity contribution is 0.476. The number of fused-ring (bicyclic) bond motifs is 2. The van der Waals surface area contributed by atoms with E-state index in [-0.39, 0.29) is 5.75 Å². The largest absolute Gasteiger partial charge is 0.508 e. The highest BCUT2D eigenvalue weighted by Gasteiger charge is 2.23. The summed E-state index contributed by atoms with van der Waals surface area (Å²) < 4.78 is 0. The fraction of sp³-hybridized carbons (Fsp3) is 0. The van der Waals surface area contributed by atoms with Crippen molar-refractivity contribution in [3.8, 4) is 28.0 Å². The Kier molecular flexibility index (Phi) is 3.35. The second kappa shape index (κ2) is 5.66. The second-order valence-corrected chi connectivity index (χ2v) is 5.58. The van der Waals surface area contributed by atoms with Gasteiger partial charge in [0.25, 0.3) is 0 Å². The highest BCUT2D eigenvalue weighted by atomic mass is 16.3. The number of anilines is 1. The van der Waals surface area contributed by atoms with Gasteiger partial charge in [-0.25, -0.2) is 0 Å². The Bertz CT molecular complexity index is 1010. The average molecular weight is 313 g/mol. The number of nitrogen functional groups attached to an aromatic ring is 1. The van der Waals surface area contributed by atoms with Crippen LogP contribution in [-0.2, 0) is 0 Å². The number of aromatic hydroxyl groups is 1. The Hall–Kier alpha value is -3.40. The molecule has 0 aliphatic heterocycles. The average Bonchev–Trinajstić information content (AvgIpc) is 3.08. The van der Waals surface area contributed by atoms with Crippen LogP contribution in [0.2, 0.25) is 0 Å². The van der Waals surface area contributed by atoms with E-state index >= 15 is 0 Å². The van der Waals surface area contributed by atoms with Gasteiger partial charge >= 0.3 is 0 Å². The van der Waals surface area contributed by atoms with Crippen LogP contribution >= 0.6 is 0 Å². The first-order valence-corrected chi connectivity index (χ1v) is 7.61. The third-order valence-corrected chi connectivity index (χ3v) is 3.94. The topological polar surface area (TPSA) is 72.0 Å². The third kappa shape index (κ3) is 2.65. The van der Waals surface area contributed by atoms with Gasteiger partial charge in [0, 0.05) is 24.1 Å². The van der Waals surface area contributed by atoms with E-state index in [1.54, 1.807) is 30.6 Å². The number of hydrogen-bond donors (Lipinski definition) is 2. The molecule has 4 heteroatoms. The summed E-state index contributed by atoms with van der Waals surface area (Å²) in [7, 11) is 0. The zero-order valence-electron chi connectivity index (χ0n) is 12.8. The molecular formula is C20H15N3O. The number of nitrogens with zero attached hydrogens (tertiary/aromatic N) is 2. The maximum absolute atomic E-state index is 9.06. The number of benzene rings is 3. The van der Waals surface area contributed by atoms with E-state index < -0.39 is 0 Å². The van der Waals surface area contributed by atoms with Crippen molar-refractivity contribution in [3.05, 3.63) is 73.1 Å². The third-order valence-electron chi connectivity index (χ3n) is 3.94. The molecule has 0 spiro atoms. The Morgan fingerprint density at radius 1 is 0.750 bits per heavy atom. The molecule has 24 heavy (non-hydrogen) atoms. The molecule has 116 valence electrons. The molecule has 1 aromatic heterocycles. The molecular weight excluding hydrogens is 298 g/mol. The predicted octanol–water partition coefficient (Wildman–Crippen LogP) is 4.25. The van der Waals surface area contributed by atoms with Crippen molar-refractivity contribution in [3.63, 3.8) is 0 Å². The summed E-state index contributed by atoms with van der Waals surface area (Å²) in [5, 5.41) is 9.06. The van der Waals surface area contributed by atoms with Gasteiger partial charge in [-0.2, -0.15) is 0 Å². The number of aromatic nitrogens is 2. The maximum Gasteiger partial charge on any atom is 0.117 e. The predicted molar refractivity (Wildman–Crippen MR) is 96.5 cm³/mol. The van der Waals surface area contributed by atoms with Crippen LogP contribution in [0.25, 0.3) is 33.3 Å². The molecule has 2 aliphatic rings. The minimum absolute atomic E-state index is 0.220. The molecule has 0 amide bonds. The Morgan fingerprint density at radius 2 is 1.42 bits per heavy atom. The van der Waals surface area contributed by atoms with E-state index in [0.717, 1.165) is 11.2 Å². The monoisotopic (exact) mass is 313 g/mol. The molecule has 0 atom stereocenters. The van der Waals surface area contributed by atoms with Crippen LogP contribution in [-0.4, -0.2) is 15.1 Å². The summed E-state index contributed by atoms with van der Waals surface area (Å²) >= 11 is 0. The molecule has 1 heterocycles. The van der Waals surface area contributed by atoms with E-state index in [0.29, 0.717) is 5.52 Å². The first-order valence-electron chi connectivity index (χ1n) is 7.61. The first kappa shape index (κ1) is 14.2.